The van der Waals surface area contributed by atoms with Gasteiger partial charge in [-0.1, -0.05) is 0 Å². The third-order valence-electron chi connectivity index (χ3n) is 2.99. The fourth-order valence-electron chi connectivity index (χ4n) is 2.01. The van der Waals surface area contributed by atoms with Gasteiger partial charge < -0.3 is 19.6 Å². The van der Waals surface area contributed by atoms with Crippen LogP contribution in [0.15, 0.2) is 41.5 Å². The molecular weight excluding hydrogens is 256 g/mol. The fraction of sp³-hybridized carbons (Fsp3) is 0.429. The van der Waals surface area contributed by atoms with Crippen LogP contribution in [0.4, 0.5) is 0 Å². The Kier molecular flexibility index (Phi) is 4.95. The Balaban J connectivity index is 1.72. The third kappa shape index (κ3) is 4.24. The van der Waals surface area contributed by atoms with Crippen LogP contribution >= 0.6 is 0 Å². The Labute approximate surface area is 118 Å². The molecule has 6 nitrogen and oxygen atoms in total. The maximum absolute atomic E-state index is 11.9. The quantitative estimate of drug-likeness (QED) is 0.796. The number of hydrogen-bond donors (Lipinski definition) is 2. The van der Waals surface area contributed by atoms with Crippen LogP contribution in [0.5, 0.6) is 0 Å². The first-order valence-corrected chi connectivity index (χ1v) is 6.67. The first-order valence-electron chi connectivity index (χ1n) is 6.67. The Hall–Kier alpha value is -2.08. The van der Waals surface area contributed by atoms with E-state index in [0.717, 1.165) is 12.3 Å². The molecular formula is C14H20N4O2. The van der Waals surface area contributed by atoms with Crippen molar-refractivity contribution in [2.45, 2.75) is 39.0 Å². The summed E-state index contributed by atoms with van der Waals surface area (Å²) in [7, 11) is 0. The van der Waals surface area contributed by atoms with E-state index in [-0.39, 0.29) is 18.0 Å². The van der Waals surface area contributed by atoms with E-state index in [1.54, 1.807) is 24.9 Å². The lowest BCUT2D eigenvalue weighted by Gasteiger charge is -2.19. The second-order valence-corrected chi connectivity index (χ2v) is 4.85. The number of imidazole rings is 1. The van der Waals surface area contributed by atoms with Gasteiger partial charge in [0.1, 0.15) is 5.76 Å². The number of aromatic nitrogens is 2. The van der Waals surface area contributed by atoms with Crippen molar-refractivity contribution in [2.24, 2.45) is 0 Å². The van der Waals surface area contributed by atoms with Crippen molar-refractivity contribution >= 4 is 5.91 Å². The maximum atomic E-state index is 11.9. The van der Waals surface area contributed by atoms with Gasteiger partial charge in [0.05, 0.1) is 25.2 Å². The monoisotopic (exact) mass is 276 g/mol. The van der Waals surface area contributed by atoms with Crippen LogP contribution in [0.25, 0.3) is 0 Å². The summed E-state index contributed by atoms with van der Waals surface area (Å²) in [4.78, 5) is 15.9. The molecule has 0 aliphatic carbocycles. The number of hydrogen-bond acceptors (Lipinski definition) is 4. The van der Waals surface area contributed by atoms with E-state index < -0.39 is 0 Å². The van der Waals surface area contributed by atoms with Gasteiger partial charge in [0, 0.05) is 25.0 Å². The lowest BCUT2D eigenvalue weighted by molar-refractivity contribution is -0.123. The Morgan fingerprint density at radius 3 is 3.00 bits per heavy atom. The van der Waals surface area contributed by atoms with Gasteiger partial charge in [-0.15, -0.1) is 0 Å². The molecule has 0 saturated carbocycles. The number of rotatable bonds is 7. The molecule has 20 heavy (non-hydrogen) atoms. The third-order valence-corrected chi connectivity index (χ3v) is 2.99. The molecule has 0 fully saturated rings. The molecule has 0 aliphatic heterocycles. The average molecular weight is 276 g/mol. The number of nitrogens with one attached hydrogen (secondary N) is 2. The lowest BCUT2D eigenvalue weighted by atomic mass is 10.2. The number of carbonyl (C=O) groups is 1. The summed E-state index contributed by atoms with van der Waals surface area (Å²) < 4.78 is 7.15. The fourth-order valence-corrected chi connectivity index (χ4v) is 2.01. The summed E-state index contributed by atoms with van der Waals surface area (Å²) in [5.74, 6) is 0.705. The highest BCUT2D eigenvalue weighted by Crippen LogP contribution is 1.99. The minimum Gasteiger partial charge on any atom is -0.467 e. The van der Waals surface area contributed by atoms with Crippen LogP contribution in [0.2, 0.25) is 0 Å². The molecule has 0 aromatic carbocycles. The second kappa shape index (κ2) is 6.91. The van der Waals surface area contributed by atoms with Crippen molar-refractivity contribution in [3.8, 4) is 0 Å². The van der Waals surface area contributed by atoms with Gasteiger partial charge in [0.25, 0.3) is 0 Å². The Morgan fingerprint density at radius 1 is 1.50 bits per heavy atom. The Morgan fingerprint density at radius 2 is 2.35 bits per heavy atom. The van der Waals surface area contributed by atoms with Crippen LogP contribution in [-0.2, 0) is 17.9 Å². The van der Waals surface area contributed by atoms with Crippen molar-refractivity contribution in [2.75, 3.05) is 0 Å². The summed E-state index contributed by atoms with van der Waals surface area (Å²) in [6, 6.07) is 3.55. The molecule has 0 aliphatic rings. The van der Waals surface area contributed by atoms with Gasteiger partial charge in [-0.25, -0.2) is 4.98 Å². The van der Waals surface area contributed by atoms with Gasteiger partial charge in [0.15, 0.2) is 0 Å². The zero-order chi connectivity index (χ0) is 14.4. The van der Waals surface area contributed by atoms with E-state index in [1.807, 2.05) is 30.7 Å². The van der Waals surface area contributed by atoms with E-state index in [2.05, 4.69) is 15.6 Å². The number of amides is 1. The standard InChI is InChI=1S/C14H20N4O2/c1-11(9-18-6-5-15-10-18)17-12(2)14(19)16-8-13-4-3-7-20-13/h3-7,10-12,17H,8-9H2,1-2H3,(H,16,19). The summed E-state index contributed by atoms with van der Waals surface area (Å²) in [5, 5.41) is 6.09. The molecule has 0 bridgehead atoms. The van der Waals surface area contributed by atoms with Crippen molar-refractivity contribution in [3.63, 3.8) is 0 Å². The molecule has 0 radical (unpaired) electrons. The van der Waals surface area contributed by atoms with Crippen molar-refractivity contribution in [3.05, 3.63) is 42.9 Å². The van der Waals surface area contributed by atoms with Gasteiger partial charge in [-0.2, -0.15) is 0 Å². The highest BCUT2D eigenvalue weighted by atomic mass is 16.3. The molecule has 108 valence electrons. The molecule has 2 heterocycles. The molecule has 1 amide bonds. The summed E-state index contributed by atoms with van der Waals surface area (Å²) in [6.07, 6.45) is 7.00. The van der Waals surface area contributed by atoms with E-state index in [0.29, 0.717) is 6.54 Å². The van der Waals surface area contributed by atoms with Gasteiger partial charge >= 0.3 is 0 Å². The molecule has 2 N–H and O–H groups in total. The summed E-state index contributed by atoms with van der Waals surface area (Å²) >= 11 is 0. The SMILES string of the molecule is CC(Cn1ccnc1)NC(C)C(=O)NCc1ccco1. The predicted octanol–water partition coefficient (Wildman–Crippen LogP) is 1.16. The van der Waals surface area contributed by atoms with E-state index in [4.69, 9.17) is 4.42 Å². The molecule has 2 aromatic heterocycles. The number of carbonyl (C=O) groups excluding carboxylic acids is 1. The maximum Gasteiger partial charge on any atom is 0.237 e. The van der Waals surface area contributed by atoms with Crippen LogP contribution in [0.1, 0.15) is 19.6 Å². The van der Waals surface area contributed by atoms with Crippen LogP contribution in [0, 0.1) is 0 Å². The van der Waals surface area contributed by atoms with Crippen LogP contribution < -0.4 is 10.6 Å². The molecule has 2 unspecified atom stereocenters. The Bertz CT molecular complexity index is 507. The zero-order valence-corrected chi connectivity index (χ0v) is 11.7. The lowest BCUT2D eigenvalue weighted by Crippen LogP contribution is -2.46. The van der Waals surface area contributed by atoms with Crippen molar-refractivity contribution in [1.82, 2.24) is 20.2 Å². The first-order chi connectivity index (χ1) is 9.65. The van der Waals surface area contributed by atoms with Crippen molar-refractivity contribution in [1.29, 1.82) is 0 Å². The number of nitrogens with zero attached hydrogens (tertiary/aromatic N) is 2. The molecule has 0 spiro atoms. The minimum atomic E-state index is -0.261. The first kappa shape index (κ1) is 14.3. The molecule has 0 saturated heterocycles. The van der Waals surface area contributed by atoms with Crippen LogP contribution in [0.3, 0.4) is 0 Å². The average Bonchev–Trinajstić information content (AvgIpc) is 3.08. The van der Waals surface area contributed by atoms with Crippen molar-refractivity contribution < 1.29 is 9.21 Å². The normalized spacial score (nSPS) is 13.9. The second-order valence-electron chi connectivity index (χ2n) is 4.85. The van der Waals surface area contributed by atoms with E-state index in [9.17, 15) is 4.79 Å². The molecule has 2 rings (SSSR count). The topological polar surface area (TPSA) is 72.1 Å². The highest BCUT2D eigenvalue weighted by molar-refractivity contribution is 5.81. The van der Waals surface area contributed by atoms with E-state index >= 15 is 0 Å². The van der Waals surface area contributed by atoms with Gasteiger partial charge in [-0.05, 0) is 26.0 Å². The smallest absolute Gasteiger partial charge is 0.237 e. The van der Waals surface area contributed by atoms with Crippen LogP contribution in [-0.4, -0.2) is 27.5 Å². The number of furan rings is 1. The molecule has 6 heteroatoms. The summed E-state index contributed by atoms with van der Waals surface area (Å²) in [5.41, 5.74) is 0. The zero-order valence-electron chi connectivity index (χ0n) is 11.7. The highest BCUT2D eigenvalue weighted by Gasteiger charge is 2.15. The largest absolute Gasteiger partial charge is 0.467 e. The van der Waals surface area contributed by atoms with E-state index in [1.165, 1.54) is 0 Å². The molecule has 2 atom stereocenters. The minimum absolute atomic E-state index is 0.0427. The van der Waals surface area contributed by atoms with Gasteiger partial charge in [0.2, 0.25) is 5.91 Å². The molecule has 2 aromatic rings. The van der Waals surface area contributed by atoms with Gasteiger partial charge in [-0.3, -0.25) is 4.79 Å². The predicted molar refractivity (Wildman–Crippen MR) is 74.8 cm³/mol. The summed E-state index contributed by atoms with van der Waals surface area (Å²) in [6.45, 7) is 5.07.